The number of rotatable bonds is 4. The first-order valence-corrected chi connectivity index (χ1v) is 8.51. The zero-order chi connectivity index (χ0) is 14.5. The summed E-state index contributed by atoms with van der Waals surface area (Å²) in [5.41, 5.74) is 2.94. The van der Waals surface area contributed by atoms with Crippen molar-refractivity contribution in [3.63, 3.8) is 0 Å². The number of aromatic nitrogens is 2. The highest BCUT2D eigenvalue weighted by Gasteiger charge is 2.28. The van der Waals surface area contributed by atoms with Crippen LogP contribution in [-0.4, -0.2) is 21.8 Å². The molecule has 1 aliphatic carbocycles. The van der Waals surface area contributed by atoms with Gasteiger partial charge in [-0.15, -0.1) is 0 Å². The van der Waals surface area contributed by atoms with Crippen molar-refractivity contribution in [3.8, 4) is 0 Å². The highest BCUT2D eigenvalue weighted by Crippen LogP contribution is 2.37. The Bertz CT molecular complexity index is 573. The number of hydrogen-bond acceptors (Lipinski definition) is 4. The van der Waals surface area contributed by atoms with Crippen molar-refractivity contribution in [1.82, 2.24) is 15.3 Å². The molecule has 0 fully saturated rings. The second kappa shape index (κ2) is 7.05. The number of thioether (sulfide) groups is 1. The molecular weight excluding hydrogens is 278 g/mol. The fraction of sp³-hybridized carbons (Fsp3) is 0.412. The molecule has 0 amide bonds. The third-order valence-corrected chi connectivity index (χ3v) is 5.15. The maximum atomic E-state index is 4.38. The Morgan fingerprint density at radius 3 is 2.81 bits per heavy atom. The fourth-order valence-corrected chi connectivity index (χ4v) is 4.17. The van der Waals surface area contributed by atoms with Gasteiger partial charge in [-0.1, -0.05) is 43.0 Å². The van der Waals surface area contributed by atoms with Gasteiger partial charge < -0.3 is 5.32 Å². The van der Waals surface area contributed by atoms with Crippen LogP contribution in [0.5, 0.6) is 0 Å². The Hall–Kier alpha value is -1.39. The summed E-state index contributed by atoms with van der Waals surface area (Å²) in [5.74, 6) is 0. The van der Waals surface area contributed by atoms with E-state index in [9.17, 15) is 0 Å². The predicted octanol–water partition coefficient (Wildman–Crippen LogP) is 3.62. The van der Waals surface area contributed by atoms with E-state index >= 15 is 0 Å². The van der Waals surface area contributed by atoms with Gasteiger partial charge in [0.1, 0.15) is 0 Å². The summed E-state index contributed by atoms with van der Waals surface area (Å²) >= 11 is 1.80. The van der Waals surface area contributed by atoms with Crippen LogP contribution in [0.15, 0.2) is 47.9 Å². The van der Waals surface area contributed by atoms with Crippen LogP contribution in [0.25, 0.3) is 0 Å². The number of benzene rings is 1. The fourth-order valence-electron chi connectivity index (χ4n) is 3.00. The van der Waals surface area contributed by atoms with Gasteiger partial charge in [0.05, 0.1) is 0 Å². The van der Waals surface area contributed by atoms with Crippen molar-refractivity contribution < 1.29 is 0 Å². The maximum Gasteiger partial charge on any atom is 0.187 e. The second-order valence-electron chi connectivity index (χ2n) is 5.31. The van der Waals surface area contributed by atoms with Crippen molar-refractivity contribution in [2.45, 2.75) is 42.6 Å². The second-order valence-corrected chi connectivity index (χ2v) is 6.52. The van der Waals surface area contributed by atoms with E-state index in [1.165, 1.54) is 30.4 Å². The van der Waals surface area contributed by atoms with Crippen molar-refractivity contribution in [1.29, 1.82) is 0 Å². The van der Waals surface area contributed by atoms with Gasteiger partial charge in [0, 0.05) is 23.7 Å². The maximum absolute atomic E-state index is 4.38. The molecule has 1 aromatic carbocycles. The van der Waals surface area contributed by atoms with E-state index < -0.39 is 0 Å². The molecule has 0 saturated carbocycles. The Kier molecular flexibility index (Phi) is 4.88. The molecule has 1 heterocycles. The monoisotopic (exact) mass is 299 g/mol. The lowest BCUT2D eigenvalue weighted by Gasteiger charge is -2.26. The van der Waals surface area contributed by atoms with Crippen LogP contribution < -0.4 is 5.32 Å². The van der Waals surface area contributed by atoms with Gasteiger partial charge in [-0.3, -0.25) is 0 Å². The molecule has 0 spiro atoms. The summed E-state index contributed by atoms with van der Waals surface area (Å²) < 4.78 is 0. The van der Waals surface area contributed by atoms with Gasteiger partial charge in [0.2, 0.25) is 0 Å². The lowest BCUT2D eigenvalue weighted by molar-refractivity contribution is 0.516. The largest absolute Gasteiger partial charge is 0.309 e. The molecule has 1 N–H and O–H groups in total. The van der Waals surface area contributed by atoms with Gasteiger partial charge in [0.15, 0.2) is 5.16 Å². The Labute approximate surface area is 130 Å². The molecule has 1 aromatic heterocycles. The van der Waals surface area contributed by atoms with Crippen molar-refractivity contribution in [3.05, 3.63) is 53.9 Å². The molecular formula is C17H21N3S. The van der Waals surface area contributed by atoms with Gasteiger partial charge in [-0.2, -0.15) is 0 Å². The molecule has 3 nitrogen and oxygen atoms in total. The molecule has 3 rings (SSSR count). The minimum atomic E-state index is 0.377. The Balaban J connectivity index is 1.88. The van der Waals surface area contributed by atoms with Crippen LogP contribution >= 0.6 is 11.8 Å². The zero-order valence-corrected chi connectivity index (χ0v) is 13.1. The highest BCUT2D eigenvalue weighted by molar-refractivity contribution is 7.99. The molecule has 110 valence electrons. The van der Waals surface area contributed by atoms with E-state index in [-0.39, 0.29) is 0 Å². The smallest absolute Gasteiger partial charge is 0.187 e. The van der Waals surface area contributed by atoms with E-state index in [4.69, 9.17) is 0 Å². The van der Waals surface area contributed by atoms with Crippen LogP contribution in [0.4, 0.5) is 0 Å². The minimum absolute atomic E-state index is 0.377. The first-order valence-electron chi connectivity index (χ1n) is 7.63. The lowest BCUT2D eigenvalue weighted by Crippen LogP contribution is -2.30. The molecule has 0 bridgehead atoms. The molecule has 0 saturated heterocycles. The third-order valence-electron chi connectivity index (χ3n) is 3.92. The topological polar surface area (TPSA) is 37.8 Å². The van der Waals surface area contributed by atoms with Crippen LogP contribution in [0.2, 0.25) is 0 Å². The summed E-state index contributed by atoms with van der Waals surface area (Å²) in [6.07, 6.45) is 7.23. The summed E-state index contributed by atoms with van der Waals surface area (Å²) in [6.45, 7) is 3.15. The average Bonchev–Trinajstić information content (AvgIpc) is 2.69. The summed E-state index contributed by atoms with van der Waals surface area (Å²) in [4.78, 5) is 8.76. The van der Waals surface area contributed by atoms with Crippen LogP contribution in [0.1, 0.15) is 36.9 Å². The molecule has 0 aliphatic heterocycles. The first kappa shape index (κ1) is 14.5. The van der Waals surface area contributed by atoms with Crippen LogP contribution in [0.3, 0.4) is 0 Å². The summed E-state index contributed by atoms with van der Waals surface area (Å²) in [6, 6.07) is 11.1. The van der Waals surface area contributed by atoms with Gasteiger partial charge in [0.25, 0.3) is 0 Å². The molecule has 1 aliphatic rings. The van der Waals surface area contributed by atoms with Gasteiger partial charge in [-0.05, 0) is 43.0 Å². The number of hydrogen-bond donors (Lipinski definition) is 1. The molecule has 21 heavy (non-hydrogen) atoms. The van der Waals surface area contributed by atoms with E-state index in [0.717, 1.165) is 11.7 Å². The Morgan fingerprint density at radius 1 is 1.19 bits per heavy atom. The van der Waals surface area contributed by atoms with E-state index in [0.29, 0.717) is 11.3 Å². The number of nitrogens with one attached hydrogen (secondary N) is 1. The number of nitrogens with zero attached hydrogens (tertiary/aromatic N) is 2. The molecule has 2 aromatic rings. The lowest BCUT2D eigenvalue weighted by atomic mass is 9.99. The minimum Gasteiger partial charge on any atom is -0.309 e. The third kappa shape index (κ3) is 3.44. The summed E-state index contributed by atoms with van der Waals surface area (Å²) in [7, 11) is 0. The van der Waals surface area contributed by atoms with Crippen LogP contribution in [-0.2, 0) is 6.42 Å². The normalized spacial score (nSPS) is 21.6. The van der Waals surface area contributed by atoms with E-state index in [2.05, 4.69) is 46.5 Å². The standard InChI is InChI=1S/C17H21N3S/c1-2-18-16-14-9-4-3-7-13(14)8-5-10-15(16)21-17-19-11-6-12-20-17/h3-4,6-7,9,11-12,15-16,18H,2,5,8,10H2,1H3. The van der Waals surface area contributed by atoms with E-state index in [1.54, 1.807) is 11.8 Å². The van der Waals surface area contributed by atoms with Crippen molar-refractivity contribution >= 4 is 11.8 Å². The highest BCUT2D eigenvalue weighted by atomic mass is 32.2. The molecule has 2 unspecified atom stereocenters. The number of aryl methyl sites for hydroxylation is 1. The predicted molar refractivity (Wildman–Crippen MR) is 87.5 cm³/mol. The van der Waals surface area contributed by atoms with E-state index in [1.807, 2.05) is 18.5 Å². The number of fused-ring (bicyclic) bond motifs is 1. The quantitative estimate of drug-likeness (QED) is 0.691. The average molecular weight is 299 g/mol. The first-order chi connectivity index (χ1) is 10.4. The van der Waals surface area contributed by atoms with Crippen LogP contribution in [0, 0.1) is 0 Å². The van der Waals surface area contributed by atoms with Crippen molar-refractivity contribution in [2.75, 3.05) is 6.54 Å². The molecule has 0 radical (unpaired) electrons. The SMILES string of the molecule is CCNC1c2ccccc2CCCC1Sc1ncccn1. The zero-order valence-electron chi connectivity index (χ0n) is 12.3. The molecule has 4 heteroatoms. The Morgan fingerprint density at radius 2 is 2.00 bits per heavy atom. The summed E-state index contributed by atoms with van der Waals surface area (Å²) in [5, 5.41) is 5.04. The van der Waals surface area contributed by atoms with Gasteiger partial charge in [-0.25, -0.2) is 9.97 Å². The van der Waals surface area contributed by atoms with Crippen molar-refractivity contribution in [2.24, 2.45) is 0 Å². The van der Waals surface area contributed by atoms with Gasteiger partial charge >= 0.3 is 0 Å². The molecule has 2 atom stereocenters.